The zero-order valence-electron chi connectivity index (χ0n) is 15.6. The summed E-state index contributed by atoms with van der Waals surface area (Å²) in [6, 6.07) is 2.85. The predicted octanol–water partition coefficient (Wildman–Crippen LogP) is 2.00. The summed E-state index contributed by atoms with van der Waals surface area (Å²) in [5, 5.41) is 10.4. The van der Waals surface area contributed by atoms with E-state index in [1.54, 1.807) is 12.0 Å². The molecule has 3 rings (SSSR count). The monoisotopic (exact) mass is 450 g/mol. The Hall–Kier alpha value is -0.900. The second-order valence-electron chi connectivity index (χ2n) is 7.17. The second kappa shape index (κ2) is 8.85. The summed E-state index contributed by atoms with van der Waals surface area (Å²) >= 11 is 12.0. The van der Waals surface area contributed by atoms with Crippen LogP contribution in [0.5, 0.6) is 0 Å². The molecule has 0 aliphatic carbocycles. The van der Waals surface area contributed by atoms with Gasteiger partial charge in [0.1, 0.15) is 6.04 Å². The molecule has 2 unspecified atom stereocenters. The van der Waals surface area contributed by atoms with Gasteiger partial charge in [-0.25, -0.2) is 8.42 Å². The van der Waals surface area contributed by atoms with Gasteiger partial charge in [0.15, 0.2) is 0 Å². The van der Waals surface area contributed by atoms with E-state index in [4.69, 9.17) is 27.9 Å². The van der Waals surface area contributed by atoms with Crippen LogP contribution in [0.25, 0.3) is 0 Å². The van der Waals surface area contributed by atoms with E-state index in [9.17, 15) is 18.3 Å². The normalized spacial score (nSPS) is 26.4. The molecule has 156 valence electrons. The Bertz CT molecular complexity index is 815. The number of piperidine rings is 1. The zero-order valence-corrected chi connectivity index (χ0v) is 17.9. The van der Waals surface area contributed by atoms with Crippen molar-refractivity contribution in [3.8, 4) is 0 Å². The maximum absolute atomic E-state index is 13.5. The van der Waals surface area contributed by atoms with Crippen molar-refractivity contribution in [1.82, 2.24) is 9.21 Å². The molecule has 2 heterocycles. The standard InChI is InChI=1S/C18H24Cl2N2O5S/c1-27-6-5-21-10-12(11-23)16-3-2-4-17(18(21)24)22(16)28(25,26)15-8-13(19)7-14(20)9-15/h7-9,12,16-17,23H,2-6,10-11H2,1H3/t12-,16?,17?/m1/s1. The number of ether oxygens (including phenoxy) is 1. The average molecular weight is 451 g/mol. The Morgan fingerprint density at radius 1 is 1.21 bits per heavy atom. The third-order valence-corrected chi connectivity index (χ3v) is 7.77. The van der Waals surface area contributed by atoms with Gasteiger partial charge in [0.05, 0.1) is 11.5 Å². The highest BCUT2D eigenvalue weighted by atomic mass is 35.5. The van der Waals surface area contributed by atoms with Gasteiger partial charge in [-0.05, 0) is 37.5 Å². The highest BCUT2D eigenvalue weighted by Crippen LogP contribution is 2.37. The van der Waals surface area contributed by atoms with Crippen molar-refractivity contribution in [3.05, 3.63) is 28.2 Å². The molecule has 2 aliphatic rings. The molecule has 1 aromatic rings. The summed E-state index contributed by atoms with van der Waals surface area (Å²) in [6.07, 6.45) is 1.74. The van der Waals surface area contributed by atoms with Gasteiger partial charge < -0.3 is 14.7 Å². The molecule has 1 aromatic carbocycles. The van der Waals surface area contributed by atoms with Crippen molar-refractivity contribution in [2.45, 2.75) is 36.2 Å². The lowest BCUT2D eigenvalue weighted by Crippen LogP contribution is -2.55. The molecule has 1 N–H and O–H groups in total. The number of benzene rings is 1. The molecule has 10 heteroatoms. The van der Waals surface area contributed by atoms with Crippen LogP contribution in [0.1, 0.15) is 19.3 Å². The number of fused-ring (bicyclic) bond motifs is 2. The topological polar surface area (TPSA) is 87.2 Å². The fourth-order valence-corrected chi connectivity index (χ4v) is 6.73. The number of rotatable bonds is 6. The number of aliphatic hydroxyl groups is 1. The first kappa shape index (κ1) is 21.8. The lowest BCUT2D eigenvalue weighted by molar-refractivity contribution is -0.135. The van der Waals surface area contributed by atoms with Crippen LogP contribution in [0.15, 0.2) is 23.1 Å². The first-order valence-corrected chi connectivity index (χ1v) is 11.4. The third kappa shape index (κ3) is 4.17. The number of methoxy groups -OCH3 is 1. The molecule has 0 saturated carbocycles. The van der Waals surface area contributed by atoms with Gasteiger partial charge in [0.25, 0.3) is 0 Å². The van der Waals surface area contributed by atoms with E-state index in [1.807, 2.05) is 0 Å². The van der Waals surface area contributed by atoms with Crippen molar-refractivity contribution < 1.29 is 23.1 Å². The molecule has 3 atom stereocenters. The number of amides is 1. The van der Waals surface area contributed by atoms with Crippen LogP contribution in [-0.2, 0) is 19.6 Å². The van der Waals surface area contributed by atoms with Gasteiger partial charge in [-0.15, -0.1) is 0 Å². The molecule has 2 saturated heterocycles. The van der Waals surface area contributed by atoms with Crippen molar-refractivity contribution in [3.63, 3.8) is 0 Å². The van der Waals surface area contributed by atoms with Crippen molar-refractivity contribution >= 4 is 39.1 Å². The molecule has 0 aromatic heterocycles. The molecule has 1 amide bonds. The summed E-state index contributed by atoms with van der Waals surface area (Å²) in [4.78, 5) is 14.7. The van der Waals surface area contributed by atoms with Crippen molar-refractivity contribution in [2.75, 3.05) is 33.4 Å². The number of carbonyl (C=O) groups is 1. The van der Waals surface area contributed by atoms with Crippen molar-refractivity contribution in [1.29, 1.82) is 0 Å². The van der Waals surface area contributed by atoms with E-state index in [0.717, 1.165) is 6.42 Å². The SMILES string of the molecule is COCCN1C[C@H](CO)C2CCCC(C1=O)N2S(=O)(=O)c1cc(Cl)cc(Cl)c1. The molecule has 2 fully saturated rings. The molecule has 0 radical (unpaired) electrons. The summed E-state index contributed by atoms with van der Waals surface area (Å²) < 4.78 is 33.4. The fraction of sp³-hybridized carbons (Fsp3) is 0.611. The van der Waals surface area contributed by atoms with E-state index < -0.39 is 22.1 Å². The molecular formula is C18H24Cl2N2O5S. The van der Waals surface area contributed by atoms with Gasteiger partial charge >= 0.3 is 0 Å². The molecule has 7 nitrogen and oxygen atoms in total. The highest BCUT2D eigenvalue weighted by Gasteiger charge is 2.49. The first-order valence-electron chi connectivity index (χ1n) is 9.17. The highest BCUT2D eigenvalue weighted by molar-refractivity contribution is 7.89. The summed E-state index contributed by atoms with van der Waals surface area (Å²) in [7, 11) is -2.49. The zero-order chi connectivity index (χ0) is 20.5. The minimum atomic E-state index is -4.03. The van der Waals surface area contributed by atoms with E-state index >= 15 is 0 Å². The quantitative estimate of drug-likeness (QED) is 0.715. The van der Waals surface area contributed by atoms with Gasteiger partial charge in [-0.2, -0.15) is 4.31 Å². The molecule has 2 aliphatic heterocycles. The summed E-state index contributed by atoms with van der Waals surface area (Å²) in [6.45, 7) is 0.780. The Morgan fingerprint density at radius 3 is 2.50 bits per heavy atom. The maximum Gasteiger partial charge on any atom is 0.244 e. The molecule has 2 bridgehead atoms. The number of sulfonamides is 1. The van der Waals surface area contributed by atoms with E-state index in [2.05, 4.69) is 0 Å². The number of hydrogen-bond donors (Lipinski definition) is 1. The molecule has 0 spiro atoms. The van der Waals surface area contributed by atoms with Gasteiger partial charge in [-0.3, -0.25) is 4.79 Å². The Kier molecular flexibility index (Phi) is 6.89. The number of hydrogen-bond acceptors (Lipinski definition) is 5. The number of nitrogens with zero attached hydrogens (tertiary/aromatic N) is 2. The lowest BCUT2D eigenvalue weighted by atomic mass is 9.91. The van der Waals surface area contributed by atoms with Crippen LogP contribution < -0.4 is 0 Å². The van der Waals surface area contributed by atoms with Crippen molar-refractivity contribution in [2.24, 2.45) is 5.92 Å². The van der Waals surface area contributed by atoms with Gasteiger partial charge in [0, 0.05) is 48.8 Å². The molecule has 28 heavy (non-hydrogen) atoms. The van der Waals surface area contributed by atoms with E-state index in [0.29, 0.717) is 32.5 Å². The smallest absolute Gasteiger partial charge is 0.244 e. The minimum Gasteiger partial charge on any atom is -0.396 e. The minimum absolute atomic E-state index is 0.0447. The van der Waals surface area contributed by atoms with E-state index in [1.165, 1.54) is 22.5 Å². The second-order valence-corrected chi connectivity index (χ2v) is 9.89. The number of halogens is 2. The Labute approximate surface area is 175 Å². The summed E-state index contributed by atoms with van der Waals surface area (Å²) in [5.41, 5.74) is 0. The summed E-state index contributed by atoms with van der Waals surface area (Å²) in [5.74, 6) is -0.634. The van der Waals surface area contributed by atoms with E-state index in [-0.39, 0.29) is 33.4 Å². The van der Waals surface area contributed by atoms with Crippen LogP contribution in [0.2, 0.25) is 10.0 Å². The Balaban J connectivity index is 2.06. The average Bonchev–Trinajstić information content (AvgIpc) is 2.72. The predicted molar refractivity (Wildman–Crippen MR) is 106 cm³/mol. The largest absolute Gasteiger partial charge is 0.396 e. The lowest BCUT2D eigenvalue weighted by Gasteiger charge is -2.40. The van der Waals surface area contributed by atoms with Crippen LogP contribution in [0, 0.1) is 5.92 Å². The molecular weight excluding hydrogens is 427 g/mol. The van der Waals surface area contributed by atoms with Crippen LogP contribution in [0.3, 0.4) is 0 Å². The number of carbonyl (C=O) groups excluding carboxylic acids is 1. The van der Waals surface area contributed by atoms with Crippen LogP contribution in [-0.4, -0.2) is 74.1 Å². The van der Waals surface area contributed by atoms with Crippen LogP contribution >= 0.6 is 23.2 Å². The fourth-order valence-electron chi connectivity index (χ4n) is 4.11. The van der Waals surface area contributed by atoms with Gasteiger partial charge in [-0.1, -0.05) is 23.2 Å². The number of aliphatic hydroxyl groups excluding tert-OH is 1. The van der Waals surface area contributed by atoms with Crippen LogP contribution in [0.4, 0.5) is 0 Å². The van der Waals surface area contributed by atoms with Gasteiger partial charge in [0.2, 0.25) is 15.9 Å². The maximum atomic E-state index is 13.5. The first-order chi connectivity index (χ1) is 13.3. The Morgan fingerprint density at radius 2 is 1.89 bits per heavy atom. The third-order valence-electron chi connectivity index (χ3n) is 5.42.